The van der Waals surface area contributed by atoms with Crippen molar-refractivity contribution in [2.24, 2.45) is 5.73 Å². The number of hydrogen-bond donors (Lipinski definition) is 2. The van der Waals surface area contributed by atoms with E-state index in [0.29, 0.717) is 6.42 Å². The molecule has 0 bridgehead atoms. The van der Waals surface area contributed by atoms with Gasteiger partial charge in [-0.25, -0.2) is 0 Å². The Kier molecular flexibility index (Phi) is 5.53. The van der Waals surface area contributed by atoms with Crippen molar-refractivity contribution >= 4 is 0 Å². The van der Waals surface area contributed by atoms with E-state index >= 15 is 0 Å². The average Bonchev–Trinajstić information content (AvgIpc) is 2.04. The first-order valence-electron chi connectivity index (χ1n) is 5.01. The molecule has 0 saturated heterocycles. The Morgan fingerprint density at radius 3 is 2.38 bits per heavy atom. The van der Waals surface area contributed by atoms with Crippen LogP contribution in [0.3, 0.4) is 0 Å². The molecule has 0 aromatic heterocycles. The Balaban J connectivity index is 3.91. The normalized spacial score (nSPS) is 15.0. The maximum atomic E-state index is 8.71. The second-order valence-corrected chi connectivity index (χ2v) is 4.32. The molecular formula is C10H24N2O. The van der Waals surface area contributed by atoms with Gasteiger partial charge < -0.3 is 10.8 Å². The van der Waals surface area contributed by atoms with E-state index in [1.807, 2.05) is 0 Å². The highest BCUT2D eigenvalue weighted by Crippen LogP contribution is 2.16. The average molecular weight is 188 g/mol. The van der Waals surface area contributed by atoms with Gasteiger partial charge in [-0.15, -0.1) is 0 Å². The van der Waals surface area contributed by atoms with E-state index in [2.05, 4.69) is 32.7 Å². The lowest BCUT2D eigenvalue weighted by atomic mass is 9.99. The zero-order chi connectivity index (χ0) is 10.5. The highest BCUT2D eigenvalue weighted by Gasteiger charge is 2.22. The van der Waals surface area contributed by atoms with Gasteiger partial charge in [0.05, 0.1) is 0 Å². The van der Waals surface area contributed by atoms with E-state index < -0.39 is 0 Å². The topological polar surface area (TPSA) is 49.5 Å². The van der Waals surface area contributed by atoms with Crippen LogP contribution in [-0.2, 0) is 0 Å². The molecule has 0 aromatic carbocycles. The number of aliphatic hydroxyl groups excluding tert-OH is 1. The quantitative estimate of drug-likeness (QED) is 0.649. The molecule has 0 rings (SSSR count). The monoisotopic (exact) mass is 188 g/mol. The summed E-state index contributed by atoms with van der Waals surface area (Å²) in [6, 6.07) is 0.0841. The maximum absolute atomic E-state index is 8.71. The minimum absolute atomic E-state index is 0.0841. The van der Waals surface area contributed by atoms with Crippen LogP contribution in [0, 0.1) is 0 Å². The summed E-state index contributed by atoms with van der Waals surface area (Å²) < 4.78 is 0. The summed E-state index contributed by atoms with van der Waals surface area (Å²) in [5, 5.41) is 8.71. The number of aliphatic hydroxyl groups is 1. The minimum atomic E-state index is 0.0841. The van der Waals surface area contributed by atoms with Crippen LogP contribution in [-0.4, -0.2) is 41.8 Å². The minimum Gasteiger partial charge on any atom is -0.396 e. The summed E-state index contributed by atoms with van der Waals surface area (Å²) in [6.45, 7) is 7.62. The van der Waals surface area contributed by atoms with Crippen LogP contribution >= 0.6 is 0 Å². The van der Waals surface area contributed by atoms with Gasteiger partial charge in [0.1, 0.15) is 0 Å². The summed E-state index contributed by atoms with van der Waals surface area (Å²) >= 11 is 0. The van der Waals surface area contributed by atoms with Gasteiger partial charge in [-0.2, -0.15) is 0 Å². The van der Waals surface area contributed by atoms with Gasteiger partial charge in [0.2, 0.25) is 0 Å². The Morgan fingerprint density at radius 1 is 1.46 bits per heavy atom. The first-order valence-corrected chi connectivity index (χ1v) is 5.01. The van der Waals surface area contributed by atoms with E-state index in [-0.39, 0.29) is 18.2 Å². The molecule has 13 heavy (non-hydrogen) atoms. The van der Waals surface area contributed by atoms with Crippen molar-refractivity contribution in [2.45, 2.75) is 45.2 Å². The highest BCUT2D eigenvalue weighted by molar-refractivity contribution is 4.80. The largest absolute Gasteiger partial charge is 0.396 e. The predicted molar refractivity (Wildman–Crippen MR) is 56.7 cm³/mol. The molecule has 3 heteroatoms. The van der Waals surface area contributed by atoms with Gasteiger partial charge in [-0.3, -0.25) is 4.90 Å². The SMILES string of the molecule is CCC(C)(C)N(C)CC(N)CCO. The molecule has 1 atom stereocenters. The number of hydrogen-bond acceptors (Lipinski definition) is 3. The van der Waals surface area contributed by atoms with Crippen LogP contribution in [0.4, 0.5) is 0 Å². The molecular weight excluding hydrogens is 164 g/mol. The number of nitrogens with zero attached hydrogens (tertiary/aromatic N) is 1. The van der Waals surface area contributed by atoms with Crippen LogP contribution in [0.2, 0.25) is 0 Å². The van der Waals surface area contributed by atoms with Gasteiger partial charge in [0.15, 0.2) is 0 Å². The number of likely N-dealkylation sites (N-methyl/N-ethyl adjacent to an activating group) is 1. The molecule has 0 fully saturated rings. The molecule has 0 amide bonds. The number of rotatable bonds is 6. The molecule has 1 unspecified atom stereocenters. The van der Waals surface area contributed by atoms with Crippen LogP contribution in [0.5, 0.6) is 0 Å². The Hall–Kier alpha value is -0.120. The van der Waals surface area contributed by atoms with E-state index in [0.717, 1.165) is 13.0 Å². The third-order valence-corrected chi connectivity index (χ3v) is 2.91. The van der Waals surface area contributed by atoms with E-state index in [9.17, 15) is 0 Å². The van der Waals surface area contributed by atoms with Crippen molar-refractivity contribution in [3.8, 4) is 0 Å². The van der Waals surface area contributed by atoms with Crippen molar-refractivity contribution < 1.29 is 5.11 Å². The molecule has 0 aliphatic rings. The lowest BCUT2D eigenvalue weighted by Gasteiger charge is -2.36. The Morgan fingerprint density at radius 2 is 2.00 bits per heavy atom. The van der Waals surface area contributed by atoms with Gasteiger partial charge in [0.25, 0.3) is 0 Å². The molecule has 80 valence electrons. The molecule has 0 heterocycles. The fourth-order valence-corrected chi connectivity index (χ4v) is 1.13. The molecule has 0 aliphatic heterocycles. The maximum Gasteiger partial charge on any atom is 0.0446 e. The lowest BCUT2D eigenvalue weighted by molar-refractivity contribution is 0.135. The highest BCUT2D eigenvalue weighted by atomic mass is 16.3. The summed E-state index contributed by atoms with van der Waals surface area (Å²) in [6.07, 6.45) is 1.79. The molecule has 3 N–H and O–H groups in total. The Bertz CT molecular complexity index is 137. The van der Waals surface area contributed by atoms with Crippen molar-refractivity contribution in [1.29, 1.82) is 0 Å². The summed E-state index contributed by atoms with van der Waals surface area (Å²) in [4.78, 5) is 2.26. The van der Waals surface area contributed by atoms with Gasteiger partial charge in [-0.05, 0) is 33.7 Å². The fourth-order valence-electron chi connectivity index (χ4n) is 1.13. The molecule has 0 aromatic rings. The van der Waals surface area contributed by atoms with Gasteiger partial charge in [-0.1, -0.05) is 6.92 Å². The molecule has 0 spiro atoms. The van der Waals surface area contributed by atoms with Crippen LogP contribution < -0.4 is 5.73 Å². The Labute approximate surface area is 81.9 Å². The van der Waals surface area contributed by atoms with E-state index in [1.54, 1.807) is 0 Å². The first-order chi connectivity index (χ1) is 5.94. The van der Waals surface area contributed by atoms with Crippen LogP contribution in [0.1, 0.15) is 33.6 Å². The van der Waals surface area contributed by atoms with Crippen molar-refractivity contribution in [2.75, 3.05) is 20.2 Å². The summed E-state index contributed by atoms with van der Waals surface area (Å²) in [5.41, 5.74) is 6.04. The smallest absolute Gasteiger partial charge is 0.0446 e. The fraction of sp³-hybridized carbons (Fsp3) is 1.00. The van der Waals surface area contributed by atoms with Crippen LogP contribution in [0.25, 0.3) is 0 Å². The van der Waals surface area contributed by atoms with Crippen molar-refractivity contribution in [3.63, 3.8) is 0 Å². The second kappa shape index (κ2) is 5.58. The second-order valence-electron chi connectivity index (χ2n) is 4.32. The molecule has 0 radical (unpaired) electrons. The zero-order valence-corrected chi connectivity index (χ0v) is 9.38. The molecule has 0 saturated carbocycles. The lowest BCUT2D eigenvalue weighted by Crippen LogP contribution is -2.46. The summed E-state index contributed by atoms with van der Waals surface area (Å²) in [7, 11) is 2.08. The third kappa shape index (κ3) is 4.60. The molecule has 0 aliphatic carbocycles. The first kappa shape index (κ1) is 12.9. The van der Waals surface area contributed by atoms with Gasteiger partial charge in [0, 0.05) is 24.7 Å². The van der Waals surface area contributed by atoms with E-state index in [4.69, 9.17) is 10.8 Å². The van der Waals surface area contributed by atoms with E-state index in [1.165, 1.54) is 0 Å². The van der Waals surface area contributed by atoms with Crippen molar-refractivity contribution in [1.82, 2.24) is 4.90 Å². The van der Waals surface area contributed by atoms with Crippen LogP contribution in [0.15, 0.2) is 0 Å². The summed E-state index contributed by atoms with van der Waals surface area (Å²) in [5.74, 6) is 0. The van der Waals surface area contributed by atoms with Crippen molar-refractivity contribution in [3.05, 3.63) is 0 Å². The number of nitrogens with two attached hydrogens (primary N) is 1. The van der Waals surface area contributed by atoms with Gasteiger partial charge >= 0.3 is 0 Å². The zero-order valence-electron chi connectivity index (χ0n) is 9.38. The molecule has 3 nitrogen and oxygen atoms in total. The standard InChI is InChI=1S/C10H24N2O/c1-5-10(2,3)12(4)8-9(11)6-7-13/h9,13H,5-8,11H2,1-4H3. The predicted octanol–water partition coefficient (Wildman–Crippen LogP) is 0.817. The third-order valence-electron chi connectivity index (χ3n) is 2.91.